The first-order valence-electron chi connectivity index (χ1n) is 6.01. The molecule has 0 bridgehead atoms. The highest BCUT2D eigenvalue weighted by Crippen LogP contribution is 2.32. The molecule has 0 atom stereocenters. The van der Waals surface area contributed by atoms with Crippen molar-refractivity contribution < 1.29 is 13.2 Å². The van der Waals surface area contributed by atoms with Crippen LogP contribution < -0.4 is 5.73 Å². The molecule has 0 heterocycles. The maximum absolute atomic E-state index is 12.6. The van der Waals surface area contributed by atoms with Crippen molar-refractivity contribution >= 4 is 17.4 Å². The standard InChI is InChI=1S/C15H14F3NS/c1-10-5-6-13(19)14(7-10)20-9-11-3-2-4-12(8-11)15(16,17)18/h2-8H,9,19H2,1H3. The molecule has 0 saturated carbocycles. The smallest absolute Gasteiger partial charge is 0.398 e. The summed E-state index contributed by atoms with van der Waals surface area (Å²) in [6, 6.07) is 11.0. The van der Waals surface area contributed by atoms with Gasteiger partial charge in [-0.2, -0.15) is 13.2 Å². The summed E-state index contributed by atoms with van der Waals surface area (Å²) in [7, 11) is 0. The van der Waals surface area contributed by atoms with Crippen molar-refractivity contribution in [2.75, 3.05) is 5.73 Å². The summed E-state index contributed by atoms with van der Waals surface area (Å²) in [5, 5.41) is 0. The first kappa shape index (κ1) is 14.8. The third-order valence-electron chi connectivity index (χ3n) is 2.82. The maximum Gasteiger partial charge on any atom is 0.416 e. The van der Waals surface area contributed by atoms with Crippen LogP contribution in [0.15, 0.2) is 47.4 Å². The van der Waals surface area contributed by atoms with Crippen LogP contribution in [0.1, 0.15) is 16.7 Å². The lowest BCUT2D eigenvalue weighted by molar-refractivity contribution is -0.137. The predicted octanol–water partition coefficient (Wildman–Crippen LogP) is 4.89. The second-order valence-electron chi connectivity index (χ2n) is 4.53. The van der Waals surface area contributed by atoms with E-state index in [1.807, 2.05) is 25.1 Å². The van der Waals surface area contributed by atoms with Crippen LogP contribution in [0.2, 0.25) is 0 Å². The van der Waals surface area contributed by atoms with Crippen LogP contribution in [-0.4, -0.2) is 0 Å². The van der Waals surface area contributed by atoms with Crippen LogP contribution in [0.25, 0.3) is 0 Å². The van der Waals surface area contributed by atoms with E-state index in [9.17, 15) is 13.2 Å². The third-order valence-corrected chi connectivity index (χ3v) is 3.96. The molecule has 0 saturated heterocycles. The molecule has 5 heteroatoms. The number of benzene rings is 2. The molecule has 0 aliphatic rings. The van der Waals surface area contributed by atoms with Gasteiger partial charge in [0.15, 0.2) is 0 Å². The van der Waals surface area contributed by atoms with Crippen LogP contribution in [0.3, 0.4) is 0 Å². The highest BCUT2D eigenvalue weighted by molar-refractivity contribution is 7.98. The van der Waals surface area contributed by atoms with Gasteiger partial charge < -0.3 is 5.73 Å². The second-order valence-corrected chi connectivity index (χ2v) is 5.55. The van der Waals surface area contributed by atoms with E-state index >= 15 is 0 Å². The molecule has 106 valence electrons. The van der Waals surface area contributed by atoms with Gasteiger partial charge in [0.1, 0.15) is 0 Å². The molecular formula is C15H14F3NS. The zero-order chi connectivity index (χ0) is 14.8. The topological polar surface area (TPSA) is 26.0 Å². The van der Waals surface area contributed by atoms with Gasteiger partial charge in [0.05, 0.1) is 5.56 Å². The molecule has 0 unspecified atom stereocenters. The Morgan fingerprint density at radius 2 is 1.85 bits per heavy atom. The van der Waals surface area contributed by atoms with E-state index in [4.69, 9.17) is 5.73 Å². The van der Waals surface area contributed by atoms with Gasteiger partial charge in [0, 0.05) is 16.3 Å². The van der Waals surface area contributed by atoms with E-state index in [2.05, 4.69) is 0 Å². The lowest BCUT2D eigenvalue weighted by atomic mass is 10.1. The van der Waals surface area contributed by atoms with Crippen molar-refractivity contribution in [3.8, 4) is 0 Å². The Bertz CT molecular complexity index is 608. The molecule has 0 aliphatic heterocycles. The number of nitrogens with two attached hydrogens (primary N) is 1. The number of aryl methyl sites for hydroxylation is 1. The first-order chi connectivity index (χ1) is 9.36. The normalized spacial score (nSPS) is 11.6. The van der Waals surface area contributed by atoms with E-state index < -0.39 is 11.7 Å². The summed E-state index contributed by atoms with van der Waals surface area (Å²) in [6.07, 6.45) is -4.30. The molecule has 0 radical (unpaired) electrons. The summed E-state index contributed by atoms with van der Waals surface area (Å²) < 4.78 is 37.9. The fourth-order valence-electron chi connectivity index (χ4n) is 1.77. The number of rotatable bonds is 3. The summed E-state index contributed by atoms with van der Waals surface area (Å²) in [5.74, 6) is 0.456. The number of alkyl halides is 3. The van der Waals surface area contributed by atoms with Crippen molar-refractivity contribution in [1.29, 1.82) is 0 Å². The fraction of sp³-hybridized carbons (Fsp3) is 0.200. The first-order valence-corrected chi connectivity index (χ1v) is 7.00. The minimum absolute atomic E-state index is 0.456. The lowest BCUT2D eigenvalue weighted by Gasteiger charge is -2.10. The lowest BCUT2D eigenvalue weighted by Crippen LogP contribution is -2.04. The molecule has 0 aliphatic carbocycles. The number of halogens is 3. The molecule has 2 N–H and O–H groups in total. The average Bonchev–Trinajstić information content (AvgIpc) is 2.39. The number of hydrogen-bond acceptors (Lipinski definition) is 2. The van der Waals surface area contributed by atoms with E-state index in [0.29, 0.717) is 17.0 Å². The molecule has 0 fully saturated rings. The maximum atomic E-state index is 12.6. The molecule has 0 amide bonds. The van der Waals surface area contributed by atoms with E-state index in [-0.39, 0.29) is 0 Å². The monoisotopic (exact) mass is 297 g/mol. The molecule has 20 heavy (non-hydrogen) atoms. The van der Waals surface area contributed by atoms with Crippen molar-refractivity contribution in [3.05, 3.63) is 59.2 Å². The van der Waals surface area contributed by atoms with Crippen LogP contribution in [-0.2, 0) is 11.9 Å². The average molecular weight is 297 g/mol. The second kappa shape index (κ2) is 5.79. The van der Waals surface area contributed by atoms with Gasteiger partial charge >= 0.3 is 6.18 Å². The number of thioether (sulfide) groups is 1. The Balaban J connectivity index is 2.13. The van der Waals surface area contributed by atoms with Crippen molar-refractivity contribution in [2.45, 2.75) is 23.7 Å². The van der Waals surface area contributed by atoms with Gasteiger partial charge in [-0.3, -0.25) is 0 Å². The van der Waals surface area contributed by atoms with Gasteiger partial charge in [-0.25, -0.2) is 0 Å². The molecule has 2 rings (SSSR count). The Labute approximate surface area is 120 Å². The number of nitrogen functional groups attached to an aromatic ring is 1. The van der Waals surface area contributed by atoms with Crippen LogP contribution in [0.4, 0.5) is 18.9 Å². The van der Waals surface area contributed by atoms with Crippen molar-refractivity contribution in [1.82, 2.24) is 0 Å². The molecule has 0 spiro atoms. The zero-order valence-electron chi connectivity index (χ0n) is 10.9. The predicted molar refractivity (Wildman–Crippen MR) is 76.6 cm³/mol. The SMILES string of the molecule is Cc1ccc(N)c(SCc2cccc(C(F)(F)F)c2)c1. The molecule has 2 aromatic rings. The minimum Gasteiger partial charge on any atom is -0.398 e. The minimum atomic E-state index is -4.30. The van der Waals surface area contributed by atoms with Gasteiger partial charge in [0.2, 0.25) is 0 Å². The largest absolute Gasteiger partial charge is 0.416 e. The Morgan fingerprint density at radius 1 is 1.10 bits per heavy atom. The summed E-state index contributed by atoms with van der Waals surface area (Å²) in [5.41, 5.74) is 7.59. The van der Waals surface area contributed by atoms with Gasteiger partial charge in [-0.15, -0.1) is 11.8 Å². The summed E-state index contributed by atoms with van der Waals surface area (Å²) >= 11 is 1.44. The Hall–Kier alpha value is -1.62. The summed E-state index contributed by atoms with van der Waals surface area (Å²) in [6.45, 7) is 1.95. The molecular weight excluding hydrogens is 283 g/mol. The van der Waals surface area contributed by atoms with E-state index in [1.165, 1.54) is 23.9 Å². The van der Waals surface area contributed by atoms with Crippen LogP contribution in [0.5, 0.6) is 0 Å². The molecule has 2 aromatic carbocycles. The van der Waals surface area contributed by atoms with Gasteiger partial charge in [0.25, 0.3) is 0 Å². The van der Waals surface area contributed by atoms with Crippen molar-refractivity contribution in [2.24, 2.45) is 0 Å². The number of anilines is 1. The van der Waals surface area contributed by atoms with E-state index in [1.54, 1.807) is 6.07 Å². The highest BCUT2D eigenvalue weighted by atomic mass is 32.2. The van der Waals surface area contributed by atoms with E-state index in [0.717, 1.165) is 16.5 Å². The van der Waals surface area contributed by atoms with Gasteiger partial charge in [-0.05, 0) is 36.2 Å². The highest BCUT2D eigenvalue weighted by Gasteiger charge is 2.30. The van der Waals surface area contributed by atoms with Gasteiger partial charge in [-0.1, -0.05) is 24.3 Å². The van der Waals surface area contributed by atoms with Crippen LogP contribution in [0, 0.1) is 6.92 Å². The number of hydrogen-bond donors (Lipinski definition) is 1. The Kier molecular flexibility index (Phi) is 4.28. The van der Waals surface area contributed by atoms with Crippen molar-refractivity contribution in [3.63, 3.8) is 0 Å². The third kappa shape index (κ3) is 3.70. The fourth-order valence-corrected chi connectivity index (χ4v) is 2.77. The van der Waals surface area contributed by atoms with Crippen LogP contribution >= 0.6 is 11.8 Å². The molecule has 0 aromatic heterocycles. The summed E-state index contributed by atoms with van der Waals surface area (Å²) in [4.78, 5) is 0.891. The quantitative estimate of drug-likeness (QED) is 0.645. The molecule has 1 nitrogen and oxygen atoms in total. The zero-order valence-corrected chi connectivity index (χ0v) is 11.7. The Morgan fingerprint density at radius 3 is 2.55 bits per heavy atom.